The Morgan fingerprint density at radius 2 is 1.70 bits per heavy atom. The van der Waals surface area contributed by atoms with Crippen LogP contribution in [0.15, 0.2) is 6.07 Å². The summed E-state index contributed by atoms with van der Waals surface area (Å²) in [6.45, 7) is 12.6. The normalized spacial score (nSPS) is 10.2. The molecule has 0 aliphatic rings. The van der Waals surface area contributed by atoms with Crippen molar-refractivity contribution in [2.24, 2.45) is 0 Å². The molecule has 0 radical (unpaired) electrons. The molecule has 1 rings (SSSR count). The monoisotopic (exact) mass is 280 g/mol. The van der Waals surface area contributed by atoms with Crippen LogP contribution in [-0.2, 0) is 0 Å². The summed E-state index contributed by atoms with van der Waals surface area (Å²) in [4.78, 5) is 24.2. The molecule has 1 aromatic heterocycles. The predicted molar refractivity (Wildman–Crippen MR) is 79.3 cm³/mol. The zero-order valence-corrected chi connectivity index (χ0v) is 13.0. The van der Waals surface area contributed by atoms with E-state index in [4.69, 9.17) is 4.74 Å². The molecule has 0 aliphatic heterocycles. The summed E-state index contributed by atoms with van der Waals surface area (Å²) in [5.41, 5.74) is 0.782. The molecule has 1 amide bonds. The Morgan fingerprint density at radius 1 is 1.10 bits per heavy atom. The number of aryl methyl sites for hydroxylation is 1. The van der Waals surface area contributed by atoms with Crippen molar-refractivity contribution in [3.05, 3.63) is 11.8 Å². The van der Waals surface area contributed by atoms with E-state index in [0.717, 1.165) is 18.8 Å². The zero-order valence-electron chi connectivity index (χ0n) is 13.0. The maximum atomic E-state index is 11.9. The Balaban J connectivity index is 2.93. The third-order valence-corrected chi connectivity index (χ3v) is 3.08. The number of amides is 1. The molecule has 0 aromatic carbocycles. The lowest BCUT2D eigenvalue weighted by Crippen LogP contribution is -2.33. The molecule has 0 unspecified atom stereocenters. The maximum Gasteiger partial charge on any atom is 0.416 e. The molecule has 0 N–H and O–H groups in total. The minimum atomic E-state index is -0.376. The molecule has 6 heteroatoms. The Bertz CT molecular complexity index is 443. The first kappa shape index (κ1) is 16.2. The second-order valence-electron chi connectivity index (χ2n) is 4.36. The van der Waals surface area contributed by atoms with E-state index in [1.807, 2.05) is 39.5 Å². The van der Waals surface area contributed by atoms with Gasteiger partial charge in [-0.25, -0.2) is 9.78 Å². The van der Waals surface area contributed by atoms with Crippen LogP contribution < -0.4 is 9.64 Å². The standard InChI is InChI=1S/C14H24N4O2/c1-6-17(7-2)13-15-11(5)10-12(16-13)20-14(19)18(8-3)9-4/h10H,6-9H2,1-5H3. The van der Waals surface area contributed by atoms with Crippen molar-refractivity contribution in [3.8, 4) is 5.88 Å². The topological polar surface area (TPSA) is 58.6 Å². The summed E-state index contributed by atoms with van der Waals surface area (Å²) in [5, 5.41) is 0. The van der Waals surface area contributed by atoms with Crippen LogP contribution in [0.5, 0.6) is 5.88 Å². The van der Waals surface area contributed by atoms with Crippen LogP contribution in [0.2, 0.25) is 0 Å². The second kappa shape index (κ2) is 7.67. The van der Waals surface area contributed by atoms with Crippen LogP contribution in [0.4, 0.5) is 10.7 Å². The van der Waals surface area contributed by atoms with E-state index < -0.39 is 0 Å². The van der Waals surface area contributed by atoms with Crippen LogP contribution in [0.3, 0.4) is 0 Å². The number of ether oxygens (including phenoxy) is 1. The minimum Gasteiger partial charge on any atom is -0.391 e. The SMILES string of the molecule is CCN(CC)C(=O)Oc1cc(C)nc(N(CC)CC)n1. The van der Waals surface area contributed by atoms with Gasteiger partial charge in [0.25, 0.3) is 0 Å². The van der Waals surface area contributed by atoms with Crippen LogP contribution in [0, 0.1) is 6.92 Å². The van der Waals surface area contributed by atoms with E-state index in [9.17, 15) is 4.79 Å². The number of hydrogen-bond donors (Lipinski definition) is 0. The van der Waals surface area contributed by atoms with Gasteiger partial charge in [-0.15, -0.1) is 0 Å². The molecule has 0 aliphatic carbocycles. The second-order valence-corrected chi connectivity index (χ2v) is 4.36. The van der Waals surface area contributed by atoms with Crippen LogP contribution in [0.25, 0.3) is 0 Å². The van der Waals surface area contributed by atoms with Gasteiger partial charge in [0.2, 0.25) is 11.8 Å². The van der Waals surface area contributed by atoms with Crippen LogP contribution in [-0.4, -0.2) is 47.1 Å². The van der Waals surface area contributed by atoms with Gasteiger partial charge in [-0.1, -0.05) is 0 Å². The lowest BCUT2D eigenvalue weighted by molar-refractivity contribution is 0.155. The summed E-state index contributed by atoms with van der Waals surface area (Å²) >= 11 is 0. The number of aromatic nitrogens is 2. The number of carbonyl (C=O) groups is 1. The molecule has 1 heterocycles. The number of rotatable bonds is 6. The summed E-state index contributed by atoms with van der Waals surface area (Å²) in [7, 11) is 0. The third-order valence-electron chi connectivity index (χ3n) is 3.08. The fourth-order valence-corrected chi connectivity index (χ4v) is 1.86. The van der Waals surface area contributed by atoms with Gasteiger partial charge < -0.3 is 14.5 Å². The van der Waals surface area contributed by atoms with Gasteiger partial charge in [-0.2, -0.15) is 4.98 Å². The summed E-state index contributed by atoms with van der Waals surface area (Å²) in [5.74, 6) is 0.897. The molecule has 0 fully saturated rings. The van der Waals surface area contributed by atoms with Crippen molar-refractivity contribution in [1.82, 2.24) is 14.9 Å². The lowest BCUT2D eigenvalue weighted by Gasteiger charge is -2.20. The number of carbonyl (C=O) groups excluding carboxylic acids is 1. The molecule has 1 aromatic rings. The van der Waals surface area contributed by atoms with E-state index in [0.29, 0.717) is 24.9 Å². The van der Waals surface area contributed by atoms with Crippen molar-refractivity contribution in [3.63, 3.8) is 0 Å². The van der Waals surface area contributed by atoms with Gasteiger partial charge in [0, 0.05) is 37.9 Å². The maximum absolute atomic E-state index is 11.9. The molecular formula is C14H24N4O2. The fourth-order valence-electron chi connectivity index (χ4n) is 1.86. The van der Waals surface area contributed by atoms with Gasteiger partial charge in [-0.05, 0) is 34.6 Å². The van der Waals surface area contributed by atoms with Crippen molar-refractivity contribution < 1.29 is 9.53 Å². The lowest BCUT2D eigenvalue weighted by atomic mass is 10.4. The summed E-state index contributed by atoms with van der Waals surface area (Å²) in [6, 6.07) is 1.68. The summed E-state index contributed by atoms with van der Waals surface area (Å²) in [6.07, 6.45) is -0.376. The van der Waals surface area contributed by atoms with Crippen molar-refractivity contribution in [2.45, 2.75) is 34.6 Å². The van der Waals surface area contributed by atoms with Gasteiger partial charge in [0.1, 0.15) is 0 Å². The van der Waals surface area contributed by atoms with Gasteiger partial charge in [-0.3, -0.25) is 0 Å². The molecule has 20 heavy (non-hydrogen) atoms. The van der Waals surface area contributed by atoms with Crippen LogP contribution >= 0.6 is 0 Å². The first-order chi connectivity index (χ1) is 9.55. The van der Waals surface area contributed by atoms with E-state index in [1.54, 1.807) is 11.0 Å². The Hall–Kier alpha value is -1.85. The Kier molecular flexibility index (Phi) is 6.21. The molecule has 0 atom stereocenters. The molecule has 0 spiro atoms. The largest absolute Gasteiger partial charge is 0.416 e. The number of anilines is 1. The van der Waals surface area contributed by atoms with Crippen molar-refractivity contribution in [2.75, 3.05) is 31.1 Å². The number of nitrogens with zero attached hydrogens (tertiary/aromatic N) is 4. The predicted octanol–water partition coefficient (Wildman–Crippen LogP) is 2.47. The van der Waals surface area contributed by atoms with E-state index in [2.05, 4.69) is 9.97 Å². The summed E-state index contributed by atoms with van der Waals surface area (Å²) < 4.78 is 5.33. The molecular weight excluding hydrogens is 256 g/mol. The molecule has 6 nitrogen and oxygen atoms in total. The third kappa shape index (κ3) is 4.08. The van der Waals surface area contributed by atoms with Crippen molar-refractivity contribution in [1.29, 1.82) is 0 Å². The smallest absolute Gasteiger partial charge is 0.391 e. The highest BCUT2D eigenvalue weighted by Gasteiger charge is 2.15. The van der Waals surface area contributed by atoms with Crippen molar-refractivity contribution >= 4 is 12.0 Å². The minimum absolute atomic E-state index is 0.302. The van der Waals surface area contributed by atoms with Crippen LogP contribution in [0.1, 0.15) is 33.4 Å². The molecule has 112 valence electrons. The highest BCUT2D eigenvalue weighted by Crippen LogP contribution is 2.16. The quantitative estimate of drug-likeness (QED) is 0.801. The number of hydrogen-bond acceptors (Lipinski definition) is 5. The first-order valence-electron chi connectivity index (χ1n) is 7.12. The van der Waals surface area contributed by atoms with E-state index in [-0.39, 0.29) is 6.09 Å². The first-order valence-corrected chi connectivity index (χ1v) is 7.12. The Morgan fingerprint density at radius 3 is 2.20 bits per heavy atom. The van der Waals surface area contributed by atoms with Gasteiger partial charge in [0.05, 0.1) is 0 Å². The van der Waals surface area contributed by atoms with Gasteiger partial charge >= 0.3 is 6.09 Å². The highest BCUT2D eigenvalue weighted by molar-refractivity contribution is 5.70. The zero-order chi connectivity index (χ0) is 15.1. The Labute approximate surface area is 120 Å². The highest BCUT2D eigenvalue weighted by atomic mass is 16.6. The fraction of sp³-hybridized carbons (Fsp3) is 0.643. The molecule has 0 bridgehead atoms. The average molecular weight is 280 g/mol. The molecule has 0 saturated carbocycles. The van der Waals surface area contributed by atoms with E-state index in [1.165, 1.54) is 0 Å². The average Bonchev–Trinajstić information content (AvgIpc) is 2.40. The molecule has 0 saturated heterocycles. The van der Waals surface area contributed by atoms with Gasteiger partial charge in [0.15, 0.2) is 0 Å². The van der Waals surface area contributed by atoms with E-state index >= 15 is 0 Å².